The van der Waals surface area contributed by atoms with Crippen molar-refractivity contribution in [2.45, 2.75) is 40.7 Å². The van der Waals surface area contributed by atoms with E-state index < -0.39 is 29.2 Å². The number of hydrogen-bond acceptors (Lipinski definition) is 3. The first kappa shape index (κ1) is 15.2. The standard InChI is InChI=1S/C16H19NO4/c1-8-6-7-9(2)11-10(8)13(18)17(14(11)19)12(15(20)21)16(3,4)5/h6-7,12H,1-5H3,(H,20,21). The molecule has 0 saturated heterocycles. The normalized spacial score (nSPS) is 16.1. The molecule has 1 atom stereocenters. The summed E-state index contributed by atoms with van der Waals surface area (Å²) in [6.45, 7) is 8.61. The number of amides is 2. The second-order valence-corrected chi connectivity index (χ2v) is 6.54. The van der Waals surface area contributed by atoms with Crippen LogP contribution in [-0.4, -0.2) is 33.8 Å². The van der Waals surface area contributed by atoms with Crippen LogP contribution in [0.15, 0.2) is 12.1 Å². The van der Waals surface area contributed by atoms with Gasteiger partial charge in [-0.2, -0.15) is 0 Å². The van der Waals surface area contributed by atoms with Crippen molar-refractivity contribution >= 4 is 17.8 Å². The fourth-order valence-electron chi connectivity index (χ4n) is 2.80. The van der Waals surface area contributed by atoms with Crippen LogP contribution in [0.25, 0.3) is 0 Å². The maximum atomic E-state index is 12.6. The van der Waals surface area contributed by atoms with Gasteiger partial charge in [0, 0.05) is 0 Å². The lowest BCUT2D eigenvalue weighted by Gasteiger charge is -2.33. The van der Waals surface area contributed by atoms with Crippen molar-refractivity contribution in [2.24, 2.45) is 5.41 Å². The van der Waals surface area contributed by atoms with Gasteiger partial charge in [-0.25, -0.2) is 4.79 Å². The average molecular weight is 289 g/mol. The molecule has 0 saturated carbocycles. The third-order valence-electron chi connectivity index (χ3n) is 3.80. The molecule has 5 nitrogen and oxygen atoms in total. The number of hydrogen-bond donors (Lipinski definition) is 1. The molecule has 5 heteroatoms. The van der Waals surface area contributed by atoms with Gasteiger partial charge in [0.1, 0.15) is 6.04 Å². The fourth-order valence-corrected chi connectivity index (χ4v) is 2.80. The van der Waals surface area contributed by atoms with Gasteiger partial charge < -0.3 is 5.11 Å². The van der Waals surface area contributed by atoms with E-state index in [9.17, 15) is 19.5 Å². The summed E-state index contributed by atoms with van der Waals surface area (Å²) in [6, 6.07) is 2.36. The van der Waals surface area contributed by atoms with Crippen LogP contribution in [0.2, 0.25) is 0 Å². The molecular formula is C16H19NO4. The minimum Gasteiger partial charge on any atom is -0.480 e. The molecule has 2 amide bonds. The van der Waals surface area contributed by atoms with Crippen molar-refractivity contribution in [2.75, 3.05) is 0 Å². The van der Waals surface area contributed by atoms with Crippen LogP contribution in [0.1, 0.15) is 52.6 Å². The van der Waals surface area contributed by atoms with Gasteiger partial charge in [-0.05, 0) is 30.4 Å². The van der Waals surface area contributed by atoms with Gasteiger partial charge in [0.05, 0.1) is 11.1 Å². The van der Waals surface area contributed by atoms with Gasteiger partial charge >= 0.3 is 5.97 Å². The van der Waals surface area contributed by atoms with E-state index in [2.05, 4.69) is 0 Å². The van der Waals surface area contributed by atoms with Gasteiger partial charge in [0.2, 0.25) is 0 Å². The van der Waals surface area contributed by atoms with Crippen LogP contribution in [0.5, 0.6) is 0 Å². The highest BCUT2D eigenvalue weighted by atomic mass is 16.4. The second-order valence-electron chi connectivity index (χ2n) is 6.54. The van der Waals surface area contributed by atoms with Gasteiger partial charge in [0.15, 0.2) is 0 Å². The van der Waals surface area contributed by atoms with E-state index in [1.807, 2.05) is 0 Å². The van der Waals surface area contributed by atoms with Crippen molar-refractivity contribution in [3.05, 3.63) is 34.4 Å². The maximum Gasteiger partial charge on any atom is 0.327 e. The zero-order valence-corrected chi connectivity index (χ0v) is 12.9. The van der Waals surface area contributed by atoms with Crippen molar-refractivity contribution in [3.63, 3.8) is 0 Å². The highest BCUT2D eigenvalue weighted by molar-refractivity contribution is 6.24. The number of carbonyl (C=O) groups excluding carboxylic acids is 2. The Morgan fingerprint density at radius 2 is 1.43 bits per heavy atom. The first-order chi connectivity index (χ1) is 9.57. The number of nitrogens with zero attached hydrogens (tertiary/aromatic N) is 1. The summed E-state index contributed by atoms with van der Waals surface area (Å²) < 4.78 is 0. The van der Waals surface area contributed by atoms with E-state index in [4.69, 9.17) is 0 Å². The largest absolute Gasteiger partial charge is 0.480 e. The quantitative estimate of drug-likeness (QED) is 0.848. The molecule has 1 unspecified atom stereocenters. The van der Waals surface area contributed by atoms with Gasteiger partial charge in [0.25, 0.3) is 11.8 Å². The second kappa shape index (κ2) is 4.69. The summed E-state index contributed by atoms with van der Waals surface area (Å²) in [7, 11) is 0. The smallest absolute Gasteiger partial charge is 0.327 e. The number of carboxylic acid groups (broad SMARTS) is 1. The average Bonchev–Trinajstić information content (AvgIpc) is 2.58. The summed E-state index contributed by atoms with van der Waals surface area (Å²) in [4.78, 5) is 37.7. The summed E-state index contributed by atoms with van der Waals surface area (Å²) >= 11 is 0. The topological polar surface area (TPSA) is 74.7 Å². The molecule has 1 heterocycles. The molecule has 1 aromatic rings. The molecule has 0 aliphatic carbocycles. The Hall–Kier alpha value is -2.17. The Balaban J connectivity index is 2.64. The molecule has 0 fully saturated rings. The SMILES string of the molecule is Cc1ccc(C)c2c1C(=O)N(C(C(=O)O)C(C)(C)C)C2=O. The number of fused-ring (bicyclic) bond motifs is 1. The molecule has 0 aromatic heterocycles. The van der Waals surface area contributed by atoms with Crippen molar-refractivity contribution in [3.8, 4) is 0 Å². The molecule has 1 aromatic carbocycles. The van der Waals surface area contributed by atoms with E-state index in [1.54, 1.807) is 46.8 Å². The third kappa shape index (κ3) is 2.22. The number of carboxylic acids is 1. The van der Waals surface area contributed by atoms with E-state index in [-0.39, 0.29) is 0 Å². The lowest BCUT2D eigenvalue weighted by Crippen LogP contribution is -2.52. The molecule has 1 aliphatic rings. The monoisotopic (exact) mass is 289 g/mol. The van der Waals surface area contributed by atoms with Crippen molar-refractivity contribution in [1.29, 1.82) is 0 Å². The van der Waals surface area contributed by atoms with Crippen LogP contribution in [0, 0.1) is 19.3 Å². The van der Waals surface area contributed by atoms with Crippen LogP contribution >= 0.6 is 0 Å². The number of benzene rings is 1. The predicted molar refractivity (Wildman–Crippen MR) is 77.3 cm³/mol. The molecule has 0 bridgehead atoms. The molecule has 0 spiro atoms. The van der Waals surface area contributed by atoms with Crippen LogP contribution in [-0.2, 0) is 4.79 Å². The molecule has 1 N–H and O–H groups in total. The van der Waals surface area contributed by atoms with Crippen LogP contribution in [0.3, 0.4) is 0 Å². The molecule has 1 aliphatic heterocycles. The molecule has 21 heavy (non-hydrogen) atoms. The Labute approximate surface area is 123 Å². The third-order valence-corrected chi connectivity index (χ3v) is 3.80. The Morgan fingerprint density at radius 3 is 1.71 bits per heavy atom. The van der Waals surface area contributed by atoms with E-state index in [0.717, 1.165) is 4.90 Å². The van der Waals surface area contributed by atoms with E-state index >= 15 is 0 Å². The molecule has 2 rings (SSSR count). The van der Waals surface area contributed by atoms with Crippen molar-refractivity contribution in [1.82, 2.24) is 4.90 Å². The highest BCUT2D eigenvalue weighted by Gasteiger charge is 2.48. The van der Waals surface area contributed by atoms with Crippen LogP contribution < -0.4 is 0 Å². The first-order valence-electron chi connectivity index (χ1n) is 6.78. The van der Waals surface area contributed by atoms with Gasteiger partial charge in [-0.15, -0.1) is 0 Å². The Bertz CT molecular complexity index is 614. The number of carbonyl (C=O) groups is 3. The number of aliphatic carboxylic acids is 1. The minimum atomic E-state index is -1.19. The lowest BCUT2D eigenvalue weighted by molar-refractivity contribution is -0.145. The zero-order chi connectivity index (χ0) is 16.1. The minimum absolute atomic E-state index is 0.329. The number of aryl methyl sites for hydroxylation is 2. The maximum absolute atomic E-state index is 12.6. The Kier molecular flexibility index (Phi) is 3.40. The predicted octanol–water partition coefficient (Wildman–Crippen LogP) is 2.40. The summed E-state index contributed by atoms with van der Waals surface area (Å²) in [5.74, 6) is -2.20. The fraction of sp³-hybridized carbons (Fsp3) is 0.438. The summed E-state index contributed by atoms with van der Waals surface area (Å²) in [5, 5.41) is 9.48. The number of imide groups is 1. The van der Waals surface area contributed by atoms with Crippen molar-refractivity contribution < 1.29 is 19.5 Å². The Morgan fingerprint density at radius 1 is 1.05 bits per heavy atom. The van der Waals surface area contributed by atoms with E-state index in [1.165, 1.54) is 0 Å². The summed E-state index contributed by atoms with van der Waals surface area (Å²) in [6.07, 6.45) is 0. The summed E-state index contributed by atoms with van der Waals surface area (Å²) in [5.41, 5.74) is 1.29. The van der Waals surface area contributed by atoms with Crippen LogP contribution in [0.4, 0.5) is 0 Å². The van der Waals surface area contributed by atoms with Gasteiger partial charge in [-0.3, -0.25) is 14.5 Å². The molecule has 112 valence electrons. The zero-order valence-electron chi connectivity index (χ0n) is 12.9. The first-order valence-corrected chi connectivity index (χ1v) is 6.78. The number of rotatable bonds is 2. The molecular weight excluding hydrogens is 270 g/mol. The van der Waals surface area contributed by atoms with E-state index in [0.29, 0.717) is 22.3 Å². The molecule has 0 radical (unpaired) electrons. The highest BCUT2D eigenvalue weighted by Crippen LogP contribution is 2.35. The van der Waals surface area contributed by atoms with Gasteiger partial charge in [-0.1, -0.05) is 32.9 Å². The lowest BCUT2D eigenvalue weighted by atomic mass is 9.85.